The van der Waals surface area contributed by atoms with Gasteiger partial charge in [-0.15, -0.1) is 0 Å². The molecule has 22 heavy (non-hydrogen) atoms. The lowest BCUT2D eigenvalue weighted by Crippen LogP contribution is -2.01. The monoisotopic (exact) mass is 294 g/mol. The molecule has 0 unspecified atom stereocenters. The minimum atomic E-state index is 0.612. The van der Waals surface area contributed by atoms with Crippen molar-refractivity contribution < 1.29 is 4.74 Å². The quantitative estimate of drug-likeness (QED) is 0.759. The van der Waals surface area contributed by atoms with Crippen LogP contribution in [0.15, 0.2) is 61.1 Å². The van der Waals surface area contributed by atoms with Gasteiger partial charge in [0.15, 0.2) is 0 Å². The number of nitrogens with one attached hydrogen (secondary N) is 1. The van der Waals surface area contributed by atoms with Crippen molar-refractivity contribution in [1.29, 1.82) is 0 Å². The Hall–Kier alpha value is -2.82. The van der Waals surface area contributed by atoms with E-state index in [0.29, 0.717) is 12.4 Å². The smallest absolute Gasteiger partial charge is 0.213 e. The number of aromatic nitrogens is 3. The van der Waals surface area contributed by atoms with Gasteiger partial charge in [-0.25, -0.2) is 4.98 Å². The van der Waals surface area contributed by atoms with Gasteiger partial charge in [-0.1, -0.05) is 30.3 Å². The number of nitrogens with zero attached hydrogens (tertiary/aromatic N) is 3. The van der Waals surface area contributed by atoms with E-state index in [-0.39, 0.29) is 0 Å². The standard InChI is InChI=1S/C17H18N4O/c1-22-17-8-7-16(11-19-17)18-9-15-10-20-21(13-15)12-14-5-3-2-4-6-14/h2-8,10-11,13,18H,9,12H2,1H3. The lowest BCUT2D eigenvalue weighted by Gasteiger charge is -2.05. The molecule has 1 aromatic carbocycles. The van der Waals surface area contributed by atoms with E-state index in [1.165, 1.54) is 5.56 Å². The van der Waals surface area contributed by atoms with Gasteiger partial charge in [-0.05, 0) is 11.6 Å². The zero-order chi connectivity index (χ0) is 15.2. The Balaban J connectivity index is 1.57. The maximum atomic E-state index is 5.04. The molecule has 2 aromatic heterocycles. The molecule has 0 aliphatic heterocycles. The molecule has 0 amide bonds. The molecule has 0 spiro atoms. The maximum absolute atomic E-state index is 5.04. The average molecular weight is 294 g/mol. The molecular formula is C17H18N4O. The average Bonchev–Trinajstić information content (AvgIpc) is 3.02. The van der Waals surface area contributed by atoms with Gasteiger partial charge < -0.3 is 10.1 Å². The van der Waals surface area contributed by atoms with Gasteiger partial charge in [0, 0.05) is 24.4 Å². The first-order valence-corrected chi connectivity index (χ1v) is 7.12. The number of pyridine rings is 1. The third-order valence-electron chi connectivity index (χ3n) is 3.32. The summed E-state index contributed by atoms with van der Waals surface area (Å²) in [6.45, 7) is 1.49. The number of hydrogen-bond donors (Lipinski definition) is 1. The number of methoxy groups -OCH3 is 1. The number of ether oxygens (including phenoxy) is 1. The number of anilines is 1. The molecule has 0 aliphatic carbocycles. The fourth-order valence-corrected chi connectivity index (χ4v) is 2.16. The summed E-state index contributed by atoms with van der Waals surface area (Å²) in [5.74, 6) is 0.612. The highest BCUT2D eigenvalue weighted by molar-refractivity contribution is 5.42. The molecule has 112 valence electrons. The molecule has 0 saturated heterocycles. The van der Waals surface area contributed by atoms with Crippen LogP contribution in [0, 0.1) is 0 Å². The summed E-state index contributed by atoms with van der Waals surface area (Å²) in [7, 11) is 1.61. The van der Waals surface area contributed by atoms with Crippen molar-refractivity contribution in [2.45, 2.75) is 13.1 Å². The van der Waals surface area contributed by atoms with Gasteiger partial charge >= 0.3 is 0 Å². The van der Waals surface area contributed by atoms with Crippen molar-refractivity contribution in [3.63, 3.8) is 0 Å². The van der Waals surface area contributed by atoms with E-state index in [4.69, 9.17) is 4.74 Å². The van der Waals surface area contributed by atoms with Gasteiger partial charge in [0.25, 0.3) is 0 Å². The van der Waals surface area contributed by atoms with Crippen LogP contribution >= 0.6 is 0 Å². The molecule has 2 heterocycles. The number of rotatable bonds is 6. The van der Waals surface area contributed by atoms with E-state index >= 15 is 0 Å². The highest BCUT2D eigenvalue weighted by atomic mass is 16.5. The van der Waals surface area contributed by atoms with E-state index < -0.39 is 0 Å². The van der Waals surface area contributed by atoms with Crippen molar-refractivity contribution in [3.05, 3.63) is 72.2 Å². The highest BCUT2D eigenvalue weighted by Gasteiger charge is 2.01. The van der Waals surface area contributed by atoms with Crippen molar-refractivity contribution >= 4 is 5.69 Å². The van der Waals surface area contributed by atoms with Gasteiger partial charge in [0.05, 0.1) is 31.7 Å². The molecule has 0 radical (unpaired) electrons. The largest absolute Gasteiger partial charge is 0.481 e. The van der Waals surface area contributed by atoms with Crippen LogP contribution in [0.2, 0.25) is 0 Å². The summed E-state index contributed by atoms with van der Waals surface area (Å²) in [5.41, 5.74) is 3.33. The second kappa shape index (κ2) is 6.76. The lowest BCUT2D eigenvalue weighted by molar-refractivity contribution is 0.398. The predicted molar refractivity (Wildman–Crippen MR) is 85.9 cm³/mol. The van der Waals surface area contributed by atoms with Crippen LogP contribution in [0.25, 0.3) is 0 Å². The molecule has 0 bridgehead atoms. The van der Waals surface area contributed by atoms with Crippen LogP contribution in [0.1, 0.15) is 11.1 Å². The maximum Gasteiger partial charge on any atom is 0.213 e. The molecule has 1 N–H and O–H groups in total. The Labute approximate surface area is 129 Å². The van der Waals surface area contributed by atoms with Gasteiger partial charge in [-0.2, -0.15) is 5.10 Å². The summed E-state index contributed by atoms with van der Waals surface area (Å²) < 4.78 is 6.98. The molecule has 0 saturated carbocycles. The van der Waals surface area contributed by atoms with Crippen LogP contribution in [-0.2, 0) is 13.1 Å². The van der Waals surface area contributed by atoms with Crippen LogP contribution in [0.5, 0.6) is 5.88 Å². The summed E-state index contributed by atoms with van der Waals surface area (Å²) in [4.78, 5) is 4.16. The molecule has 0 fully saturated rings. The Morgan fingerprint density at radius 2 is 1.91 bits per heavy atom. The first kappa shape index (κ1) is 14.1. The first-order valence-electron chi connectivity index (χ1n) is 7.12. The Morgan fingerprint density at radius 1 is 1.05 bits per heavy atom. The number of benzene rings is 1. The zero-order valence-corrected chi connectivity index (χ0v) is 12.4. The molecular weight excluding hydrogens is 276 g/mol. The fourth-order valence-electron chi connectivity index (χ4n) is 2.16. The van der Waals surface area contributed by atoms with Crippen LogP contribution in [0.4, 0.5) is 5.69 Å². The third-order valence-corrected chi connectivity index (χ3v) is 3.32. The van der Waals surface area contributed by atoms with E-state index in [1.807, 2.05) is 41.2 Å². The molecule has 5 nitrogen and oxygen atoms in total. The van der Waals surface area contributed by atoms with E-state index in [1.54, 1.807) is 13.3 Å². The van der Waals surface area contributed by atoms with E-state index in [9.17, 15) is 0 Å². The summed E-state index contributed by atoms with van der Waals surface area (Å²) in [6, 6.07) is 14.1. The molecule has 3 rings (SSSR count). The highest BCUT2D eigenvalue weighted by Crippen LogP contribution is 2.12. The van der Waals surface area contributed by atoms with Gasteiger partial charge in [-0.3, -0.25) is 4.68 Å². The first-order chi connectivity index (χ1) is 10.8. The van der Waals surface area contributed by atoms with Crippen LogP contribution in [0.3, 0.4) is 0 Å². The van der Waals surface area contributed by atoms with Crippen molar-refractivity contribution in [2.24, 2.45) is 0 Å². The van der Waals surface area contributed by atoms with Gasteiger partial charge in [0.2, 0.25) is 5.88 Å². The van der Waals surface area contributed by atoms with E-state index in [2.05, 4.69) is 33.7 Å². The topological polar surface area (TPSA) is 52.0 Å². The number of hydrogen-bond acceptors (Lipinski definition) is 4. The Kier molecular flexibility index (Phi) is 4.34. The van der Waals surface area contributed by atoms with Gasteiger partial charge in [0.1, 0.15) is 0 Å². The Bertz CT molecular complexity index is 707. The summed E-state index contributed by atoms with van der Waals surface area (Å²) in [5, 5.41) is 7.71. The van der Waals surface area contributed by atoms with Crippen molar-refractivity contribution in [1.82, 2.24) is 14.8 Å². The second-order valence-electron chi connectivity index (χ2n) is 4.97. The fraction of sp³-hybridized carbons (Fsp3) is 0.176. The van der Waals surface area contributed by atoms with Crippen molar-refractivity contribution in [2.75, 3.05) is 12.4 Å². The third kappa shape index (κ3) is 3.63. The molecule has 3 aromatic rings. The second-order valence-corrected chi connectivity index (χ2v) is 4.97. The molecule has 5 heteroatoms. The lowest BCUT2D eigenvalue weighted by atomic mass is 10.2. The SMILES string of the molecule is COc1ccc(NCc2cnn(Cc3ccccc3)c2)cn1. The van der Waals surface area contributed by atoms with Crippen LogP contribution < -0.4 is 10.1 Å². The minimum absolute atomic E-state index is 0.612. The van der Waals surface area contributed by atoms with Crippen molar-refractivity contribution in [3.8, 4) is 5.88 Å². The minimum Gasteiger partial charge on any atom is -0.481 e. The molecule has 0 atom stereocenters. The summed E-state index contributed by atoms with van der Waals surface area (Å²) >= 11 is 0. The Morgan fingerprint density at radius 3 is 2.64 bits per heavy atom. The zero-order valence-electron chi connectivity index (χ0n) is 12.4. The summed E-state index contributed by atoms with van der Waals surface area (Å²) in [6.07, 6.45) is 5.69. The normalized spacial score (nSPS) is 10.4. The van der Waals surface area contributed by atoms with Crippen LogP contribution in [-0.4, -0.2) is 21.9 Å². The van der Waals surface area contributed by atoms with E-state index in [0.717, 1.165) is 17.8 Å². The molecule has 0 aliphatic rings. The predicted octanol–water partition coefficient (Wildman–Crippen LogP) is 2.95.